The van der Waals surface area contributed by atoms with Gasteiger partial charge < -0.3 is 29.2 Å². The number of nitrogens with one attached hydrogen (secondary N) is 1. The summed E-state index contributed by atoms with van der Waals surface area (Å²) in [5.74, 6) is 2.53. The van der Waals surface area contributed by atoms with Crippen LogP contribution in [0.3, 0.4) is 0 Å². The molecule has 7 heteroatoms. The van der Waals surface area contributed by atoms with Crippen LogP contribution < -0.4 is 24.3 Å². The quantitative estimate of drug-likeness (QED) is 0.670. The number of para-hydroxylation sites is 2. The van der Waals surface area contributed by atoms with Gasteiger partial charge in [0, 0.05) is 17.8 Å². The van der Waals surface area contributed by atoms with Crippen LogP contribution >= 0.6 is 0 Å². The van der Waals surface area contributed by atoms with E-state index >= 15 is 0 Å². The van der Waals surface area contributed by atoms with Gasteiger partial charge in [0.1, 0.15) is 6.17 Å². The second-order valence-corrected chi connectivity index (χ2v) is 7.30. The van der Waals surface area contributed by atoms with Crippen molar-refractivity contribution in [1.82, 2.24) is 4.90 Å². The first-order valence-electron chi connectivity index (χ1n) is 9.95. The number of anilines is 1. The molecule has 0 aromatic heterocycles. The smallest absolute Gasteiger partial charge is 0.258 e. The molecule has 0 unspecified atom stereocenters. The van der Waals surface area contributed by atoms with Crippen molar-refractivity contribution in [3.63, 3.8) is 0 Å². The van der Waals surface area contributed by atoms with Gasteiger partial charge in [-0.2, -0.15) is 0 Å². The average Bonchev–Trinajstić information content (AvgIpc) is 3.28. The minimum atomic E-state index is -0.446. The SMILES string of the molecule is COc1cccc([C@@H]2Nc3ccccc3C(=O)N2Cc2ccc3c(c2)OCO3)c1OC. The van der Waals surface area contributed by atoms with Gasteiger partial charge in [-0.1, -0.05) is 30.3 Å². The number of methoxy groups -OCH3 is 2. The molecule has 2 aliphatic heterocycles. The van der Waals surface area contributed by atoms with Crippen LogP contribution in [0.4, 0.5) is 5.69 Å². The van der Waals surface area contributed by atoms with Gasteiger partial charge in [0.25, 0.3) is 5.91 Å². The molecular formula is C24H22N2O5. The molecule has 0 bridgehead atoms. The van der Waals surface area contributed by atoms with Crippen molar-refractivity contribution in [1.29, 1.82) is 0 Å². The zero-order valence-corrected chi connectivity index (χ0v) is 17.3. The predicted octanol–water partition coefficient (Wildman–Crippen LogP) is 4.20. The molecule has 1 amide bonds. The summed E-state index contributed by atoms with van der Waals surface area (Å²) in [5.41, 5.74) is 3.15. The fourth-order valence-corrected chi connectivity index (χ4v) is 4.06. The van der Waals surface area contributed by atoms with Crippen molar-refractivity contribution in [3.8, 4) is 23.0 Å². The molecule has 5 rings (SSSR count). The predicted molar refractivity (Wildman–Crippen MR) is 115 cm³/mol. The lowest BCUT2D eigenvalue weighted by molar-refractivity contribution is 0.0664. The third-order valence-corrected chi connectivity index (χ3v) is 5.54. The normalized spacial score (nSPS) is 16.5. The van der Waals surface area contributed by atoms with Gasteiger partial charge in [-0.25, -0.2) is 0 Å². The van der Waals surface area contributed by atoms with Crippen LogP contribution in [0.25, 0.3) is 0 Å². The molecule has 158 valence electrons. The zero-order chi connectivity index (χ0) is 21.4. The molecule has 1 N–H and O–H groups in total. The number of hydrogen-bond acceptors (Lipinski definition) is 6. The van der Waals surface area contributed by atoms with Gasteiger partial charge >= 0.3 is 0 Å². The maximum absolute atomic E-state index is 13.6. The molecule has 0 radical (unpaired) electrons. The number of rotatable bonds is 5. The standard InChI is InChI=1S/C24H22N2O5/c1-28-20-9-5-7-17(22(20)29-2)23-25-18-8-4-3-6-16(18)24(27)26(23)13-15-10-11-19-21(12-15)31-14-30-19/h3-12,23,25H,13-14H2,1-2H3/t23-/m1/s1. The summed E-state index contributed by atoms with van der Waals surface area (Å²) in [6, 6.07) is 18.9. The number of carbonyl (C=O) groups excluding carboxylic acids is 1. The van der Waals surface area contributed by atoms with Gasteiger partial charge in [0.05, 0.1) is 19.8 Å². The topological polar surface area (TPSA) is 69.3 Å². The molecule has 0 spiro atoms. The number of ether oxygens (including phenoxy) is 4. The van der Waals surface area contributed by atoms with Crippen molar-refractivity contribution in [2.75, 3.05) is 26.3 Å². The van der Waals surface area contributed by atoms with Crippen LogP contribution in [-0.2, 0) is 6.54 Å². The third-order valence-electron chi connectivity index (χ3n) is 5.54. The Kier molecular flexibility index (Phi) is 4.78. The van der Waals surface area contributed by atoms with Gasteiger partial charge in [0.2, 0.25) is 6.79 Å². The number of fused-ring (bicyclic) bond motifs is 2. The van der Waals surface area contributed by atoms with Crippen LogP contribution in [0.15, 0.2) is 60.7 Å². The van der Waals surface area contributed by atoms with Crippen LogP contribution in [0.2, 0.25) is 0 Å². The van der Waals surface area contributed by atoms with E-state index in [1.54, 1.807) is 19.1 Å². The Morgan fingerprint density at radius 1 is 1.00 bits per heavy atom. The Balaban J connectivity index is 1.59. The van der Waals surface area contributed by atoms with E-state index in [1.165, 1.54) is 0 Å². The minimum absolute atomic E-state index is 0.0677. The Morgan fingerprint density at radius 2 is 1.84 bits per heavy atom. The Bertz CT molecular complexity index is 1150. The van der Waals surface area contributed by atoms with E-state index in [-0.39, 0.29) is 12.7 Å². The van der Waals surface area contributed by atoms with Crippen LogP contribution in [-0.4, -0.2) is 31.8 Å². The number of nitrogens with zero attached hydrogens (tertiary/aromatic N) is 1. The number of hydrogen-bond donors (Lipinski definition) is 1. The van der Waals surface area contributed by atoms with Crippen LogP contribution in [0.1, 0.15) is 27.7 Å². The molecule has 0 saturated heterocycles. The van der Waals surface area contributed by atoms with E-state index in [4.69, 9.17) is 18.9 Å². The number of benzene rings is 3. The molecule has 3 aromatic rings. The molecular weight excluding hydrogens is 396 g/mol. The summed E-state index contributed by atoms with van der Waals surface area (Å²) >= 11 is 0. The summed E-state index contributed by atoms with van der Waals surface area (Å²) in [6.07, 6.45) is -0.446. The highest BCUT2D eigenvalue weighted by Crippen LogP contribution is 2.42. The monoisotopic (exact) mass is 418 g/mol. The molecule has 3 aromatic carbocycles. The van der Waals surface area contributed by atoms with E-state index in [2.05, 4.69) is 5.32 Å². The van der Waals surface area contributed by atoms with E-state index in [0.29, 0.717) is 35.1 Å². The van der Waals surface area contributed by atoms with Gasteiger partial charge in [-0.05, 0) is 35.9 Å². The fourth-order valence-electron chi connectivity index (χ4n) is 4.06. The van der Waals surface area contributed by atoms with Crippen molar-refractivity contribution >= 4 is 11.6 Å². The van der Waals surface area contributed by atoms with Gasteiger partial charge in [-0.15, -0.1) is 0 Å². The van der Waals surface area contributed by atoms with E-state index in [0.717, 1.165) is 16.8 Å². The molecule has 1 atom stereocenters. The average molecular weight is 418 g/mol. The summed E-state index contributed by atoms with van der Waals surface area (Å²) in [6.45, 7) is 0.585. The second kappa shape index (κ2) is 7.75. The van der Waals surface area contributed by atoms with Crippen molar-refractivity contribution in [3.05, 3.63) is 77.4 Å². The highest BCUT2D eigenvalue weighted by Gasteiger charge is 2.35. The summed E-state index contributed by atoms with van der Waals surface area (Å²) in [4.78, 5) is 15.3. The van der Waals surface area contributed by atoms with Crippen molar-refractivity contribution < 1.29 is 23.7 Å². The van der Waals surface area contributed by atoms with Crippen LogP contribution in [0, 0.1) is 0 Å². The highest BCUT2D eigenvalue weighted by atomic mass is 16.7. The fraction of sp³-hybridized carbons (Fsp3) is 0.208. The van der Waals surface area contributed by atoms with E-state index in [1.807, 2.05) is 60.7 Å². The maximum Gasteiger partial charge on any atom is 0.258 e. The van der Waals surface area contributed by atoms with Gasteiger partial charge in [-0.3, -0.25) is 4.79 Å². The van der Waals surface area contributed by atoms with Crippen LogP contribution in [0.5, 0.6) is 23.0 Å². The molecule has 0 aliphatic carbocycles. The van der Waals surface area contributed by atoms with Gasteiger partial charge in [0.15, 0.2) is 23.0 Å². The number of amides is 1. The first-order chi connectivity index (χ1) is 15.2. The third kappa shape index (κ3) is 3.28. The number of carbonyl (C=O) groups is 1. The molecule has 2 heterocycles. The minimum Gasteiger partial charge on any atom is -0.493 e. The lowest BCUT2D eigenvalue weighted by atomic mass is 10.0. The van der Waals surface area contributed by atoms with Crippen molar-refractivity contribution in [2.45, 2.75) is 12.7 Å². The second-order valence-electron chi connectivity index (χ2n) is 7.30. The summed E-state index contributed by atoms with van der Waals surface area (Å²) < 4.78 is 22.1. The van der Waals surface area contributed by atoms with E-state index < -0.39 is 6.17 Å². The van der Waals surface area contributed by atoms with E-state index in [9.17, 15) is 4.79 Å². The Morgan fingerprint density at radius 3 is 2.68 bits per heavy atom. The first kappa shape index (κ1) is 19.1. The molecule has 2 aliphatic rings. The molecule has 0 saturated carbocycles. The summed E-state index contributed by atoms with van der Waals surface area (Å²) in [7, 11) is 3.20. The lowest BCUT2D eigenvalue weighted by Crippen LogP contribution is -2.42. The van der Waals surface area contributed by atoms with Crippen molar-refractivity contribution in [2.24, 2.45) is 0 Å². The Labute approximate surface area is 180 Å². The molecule has 7 nitrogen and oxygen atoms in total. The lowest BCUT2D eigenvalue weighted by Gasteiger charge is -2.38. The zero-order valence-electron chi connectivity index (χ0n) is 17.3. The molecule has 31 heavy (non-hydrogen) atoms. The maximum atomic E-state index is 13.6. The largest absolute Gasteiger partial charge is 0.493 e. The molecule has 0 fully saturated rings. The first-order valence-corrected chi connectivity index (χ1v) is 9.95. The Hall–Kier alpha value is -3.87. The summed E-state index contributed by atoms with van der Waals surface area (Å²) in [5, 5.41) is 3.51. The highest BCUT2D eigenvalue weighted by molar-refractivity contribution is 6.01.